The monoisotopic (exact) mass is 586 g/mol. The number of benzene rings is 6. The lowest BCUT2D eigenvalue weighted by molar-refractivity contribution is 0.738. The molecule has 0 amide bonds. The zero-order valence-corrected chi connectivity index (χ0v) is 24.8. The van der Waals surface area contributed by atoms with Gasteiger partial charge < -0.3 is 0 Å². The zero-order chi connectivity index (χ0) is 30.2. The molecular formula is C42H26N4. The summed E-state index contributed by atoms with van der Waals surface area (Å²) in [5.74, 6) is 1.73. The van der Waals surface area contributed by atoms with E-state index in [-0.39, 0.29) is 0 Å². The highest BCUT2D eigenvalue weighted by Crippen LogP contribution is 2.60. The van der Waals surface area contributed by atoms with Gasteiger partial charge in [0, 0.05) is 16.7 Å². The first kappa shape index (κ1) is 25.2. The SMILES string of the molecule is c1ccc(-c2cc(-c3ccccc3)nc(-c3ccc4c(c3)C3(c5ccccc5-c5ccccc53)c3nc5ccccc5n3-4)n2)cc1. The van der Waals surface area contributed by atoms with Crippen LogP contribution in [0.3, 0.4) is 0 Å². The molecule has 0 bridgehead atoms. The Labute approximate surface area is 266 Å². The van der Waals surface area contributed by atoms with Crippen molar-refractivity contribution in [2.45, 2.75) is 5.41 Å². The van der Waals surface area contributed by atoms with Gasteiger partial charge in [-0.2, -0.15) is 0 Å². The van der Waals surface area contributed by atoms with Crippen molar-refractivity contribution in [1.82, 2.24) is 19.5 Å². The molecule has 214 valence electrons. The predicted molar refractivity (Wildman–Crippen MR) is 184 cm³/mol. The van der Waals surface area contributed by atoms with Gasteiger partial charge in [0.25, 0.3) is 0 Å². The van der Waals surface area contributed by atoms with E-state index in [0.29, 0.717) is 5.82 Å². The first-order chi connectivity index (χ1) is 22.8. The van der Waals surface area contributed by atoms with Gasteiger partial charge >= 0.3 is 0 Å². The largest absolute Gasteiger partial charge is 0.295 e. The normalized spacial score (nSPS) is 13.4. The third-order valence-corrected chi connectivity index (χ3v) is 9.61. The smallest absolute Gasteiger partial charge is 0.160 e. The van der Waals surface area contributed by atoms with Crippen molar-refractivity contribution in [1.29, 1.82) is 0 Å². The Kier molecular flexibility index (Phi) is 5.17. The van der Waals surface area contributed by atoms with E-state index >= 15 is 0 Å². The molecule has 46 heavy (non-hydrogen) atoms. The van der Waals surface area contributed by atoms with Crippen LogP contribution in [0.2, 0.25) is 0 Å². The summed E-state index contributed by atoms with van der Waals surface area (Å²) in [7, 11) is 0. The van der Waals surface area contributed by atoms with Gasteiger partial charge in [0.1, 0.15) is 11.2 Å². The summed E-state index contributed by atoms with van der Waals surface area (Å²) in [6.45, 7) is 0. The van der Waals surface area contributed by atoms with E-state index in [2.05, 4.69) is 150 Å². The minimum atomic E-state index is -0.573. The molecule has 0 saturated heterocycles. The Morgan fingerprint density at radius 3 is 1.65 bits per heavy atom. The summed E-state index contributed by atoms with van der Waals surface area (Å²) in [5, 5.41) is 0. The molecule has 0 atom stereocenters. The lowest BCUT2D eigenvalue weighted by Gasteiger charge is -2.27. The Balaban J connectivity index is 1.28. The number of rotatable bonds is 3. The van der Waals surface area contributed by atoms with Gasteiger partial charge in [-0.15, -0.1) is 0 Å². The molecule has 0 fully saturated rings. The molecule has 10 rings (SSSR count). The maximum Gasteiger partial charge on any atom is 0.160 e. The Bertz CT molecular complexity index is 2370. The van der Waals surface area contributed by atoms with Crippen LogP contribution in [0.25, 0.3) is 61.8 Å². The van der Waals surface area contributed by atoms with Crippen molar-refractivity contribution >= 4 is 11.0 Å². The van der Waals surface area contributed by atoms with Gasteiger partial charge in [-0.3, -0.25) is 4.57 Å². The molecule has 2 aliphatic rings. The average Bonchev–Trinajstić information content (AvgIpc) is 3.76. The highest BCUT2D eigenvalue weighted by Gasteiger charge is 2.54. The Hall–Kier alpha value is -6.13. The predicted octanol–water partition coefficient (Wildman–Crippen LogP) is 9.49. The van der Waals surface area contributed by atoms with Gasteiger partial charge in [-0.25, -0.2) is 15.0 Å². The molecule has 1 spiro atoms. The maximum atomic E-state index is 5.38. The Morgan fingerprint density at radius 1 is 0.435 bits per heavy atom. The minimum absolute atomic E-state index is 0.573. The van der Waals surface area contributed by atoms with Gasteiger partial charge in [-0.05, 0) is 64.2 Å². The van der Waals surface area contributed by atoms with E-state index < -0.39 is 5.41 Å². The van der Waals surface area contributed by atoms with E-state index in [1.54, 1.807) is 0 Å². The zero-order valence-electron chi connectivity index (χ0n) is 24.8. The van der Waals surface area contributed by atoms with E-state index in [1.807, 2.05) is 12.1 Å². The average molecular weight is 587 g/mol. The lowest BCUT2D eigenvalue weighted by atomic mass is 9.72. The first-order valence-electron chi connectivity index (χ1n) is 15.6. The fourth-order valence-electron chi connectivity index (χ4n) is 7.67. The van der Waals surface area contributed by atoms with Gasteiger partial charge in [-0.1, -0.05) is 121 Å². The third-order valence-electron chi connectivity index (χ3n) is 9.61. The molecule has 0 radical (unpaired) electrons. The third kappa shape index (κ3) is 3.36. The summed E-state index contributed by atoms with van der Waals surface area (Å²) in [5.41, 5.74) is 13.8. The minimum Gasteiger partial charge on any atom is -0.295 e. The van der Waals surface area contributed by atoms with Crippen molar-refractivity contribution < 1.29 is 0 Å². The molecule has 0 N–H and O–H groups in total. The fraction of sp³-hybridized carbons (Fsp3) is 0.0238. The number of imidazole rings is 1. The quantitative estimate of drug-likeness (QED) is 0.207. The van der Waals surface area contributed by atoms with Crippen LogP contribution in [-0.4, -0.2) is 19.5 Å². The lowest BCUT2D eigenvalue weighted by Crippen LogP contribution is -2.27. The molecule has 0 saturated carbocycles. The number of para-hydroxylation sites is 2. The molecule has 1 aliphatic carbocycles. The van der Waals surface area contributed by atoms with E-state index in [0.717, 1.165) is 50.6 Å². The molecule has 4 heteroatoms. The number of nitrogens with zero attached hydrogens (tertiary/aromatic N) is 4. The van der Waals surface area contributed by atoms with Crippen molar-refractivity contribution in [3.8, 4) is 50.7 Å². The van der Waals surface area contributed by atoms with Crippen LogP contribution in [0.1, 0.15) is 22.5 Å². The first-order valence-corrected chi connectivity index (χ1v) is 15.6. The van der Waals surface area contributed by atoms with Crippen LogP contribution in [0.15, 0.2) is 158 Å². The van der Waals surface area contributed by atoms with Crippen LogP contribution >= 0.6 is 0 Å². The second kappa shape index (κ2) is 9.43. The van der Waals surface area contributed by atoms with E-state index in [1.165, 1.54) is 27.8 Å². The van der Waals surface area contributed by atoms with E-state index in [9.17, 15) is 0 Å². The van der Waals surface area contributed by atoms with Crippen molar-refractivity contribution in [3.63, 3.8) is 0 Å². The highest BCUT2D eigenvalue weighted by atomic mass is 15.1. The number of aromatic nitrogens is 4. The van der Waals surface area contributed by atoms with Gasteiger partial charge in [0.15, 0.2) is 5.82 Å². The Morgan fingerprint density at radius 2 is 1.00 bits per heavy atom. The van der Waals surface area contributed by atoms with Gasteiger partial charge in [0.05, 0.1) is 28.1 Å². The molecule has 0 unspecified atom stereocenters. The molecule has 4 nitrogen and oxygen atoms in total. The van der Waals surface area contributed by atoms with Crippen molar-refractivity contribution in [3.05, 3.63) is 180 Å². The molecule has 1 aliphatic heterocycles. The number of hydrogen-bond acceptors (Lipinski definition) is 3. The van der Waals surface area contributed by atoms with Gasteiger partial charge in [0.2, 0.25) is 0 Å². The summed E-state index contributed by atoms with van der Waals surface area (Å²) in [6.07, 6.45) is 0. The fourth-order valence-corrected chi connectivity index (χ4v) is 7.67. The molecule has 3 heterocycles. The van der Waals surface area contributed by atoms with Crippen molar-refractivity contribution in [2.75, 3.05) is 0 Å². The summed E-state index contributed by atoms with van der Waals surface area (Å²) >= 11 is 0. The molecule has 6 aromatic carbocycles. The number of fused-ring (bicyclic) bond motifs is 12. The molecular weight excluding hydrogens is 560 g/mol. The summed E-state index contributed by atoms with van der Waals surface area (Å²) in [4.78, 5) is 15.7. The summed E-state index contributed by atoms with van der Waals surface area (Å²) < 4.78 is 2.37. The topological polar surface area (TPSA) is 43.6 Å². The van der Waals surface area contributed by atoms with Crippen LogP contribution in [0.4, 0.5) is 0 Å². The molecule has 8 aromatic rings. The standard InChI is InChI=1S/C42H26N4/c1-3-13-27(14-4-1)36-26-37(28-15-5-2-6-16-28)44-40(43-36)29-23-24-38-34(25-29)42(41-45-35-21-11-12-22-39(35)46(38)41)32-19-9-7-17-30(32)31-18-8-10-20-33(31)42/h1-26H. The highest BCUT2D eigenvalue weighted by molar-refractivity contribution is 5.92. The second-order valence-corrected chi connectivity index (χ2v) is 12.0. The van der Waals surface area contributed by atoms with Crippen LogP contribution in [0, 0.1) is 0 Å². The molecule has 2 aromatic heterocycles. The van der Waals surface area contributed by atoms with Crippen LogP contribution < -0.4 is 0 Å². The van der Waals surface area contributed by atoms with Crippen LogP contribution in [-0.2, 0) is 5.41 Å². The number of hydrogen-bond donors (Lipinski definition) is 0. The van der Waals surface area contributed by atoms with Crippen LogP contribution in [0.5, 0.6) is 0 Å². The van der Waals surface area contributed by atoms with Crippen molar-refractivity contribution in [2.24, 2.45) is 0 Å². The second-order valence-electron chi connectivity index (χ2n) is 12.0. The maximum absolute atomic E-state index is 5.38. The van der Waals surface area contributed by atoms with E-state index in [4.69, 9.17) is 15.0 Å². The summed E-state index contributed by atoms with van der Waals surface area (Å²) in [6, 6.07) is 55.6.